The third-order valence-electron chi connectivity index (χ3n) is 4.00. The number of furan rings is 1. The number of hydrogen-bond acceptors (Lipinski definition) is 5. The van der Waals surface area contributed by atoms with Gasteiger partial charge in [0.1, 0.15) is 5.76 Å². The van der Waals surface area contributed by atoms with Gasteiger partial charge >= 0.3 is 0 Å². The highest BCUT2D eigenvalue weighted by Crippen LogP contribution is 2.31. The summed E-state index contributed by atoms with van der Waals surface area (Å²) in [5, 5.41) is 4.42. The molecule has 0 unspecified atom stereocenters. The number of aromatic nitrogens is 1. The monoisotopic (exact) mass is 349 g/mol. The van der Waals surface area contributed by atoms with E-state index in [0.29, 0.717) is 6.04 Å². The molecule has 2 aromatic heterocycles. The van der Waals surface area contributed by atoms with E-state index in [0.717, 1.165) is 48.2 Å². The molecule has 1 aromatic carbocycles. The standard InChI is InChI=1S/C17H19N3OS.ClH/c1-12-10-20(9-8-18-12)11-13-6-7-15(21-13)17-19-14-4-2-3-5-16(14)22-17;/h2-7,12,18H,8-11H2,1H3;1H/t12-;/m1./s1. The van der Waals surface area contributed by atoms with Crippen LogP contribution in [0.5, 0.6) is 0 Å². The molecule has 1 aliphatic heterocycles. The van der Waals surface area contributed by atoms with Crippen molar-refractivity contribution in [3.8, 4) is 10.8 Å². The van der Waals surface area contributed by atoms with E-state index < -0.39 is 0 Å². The minimum absolute atomic E-state index is 0. The second-order valence-corrected chi connectivity index (χ2v) is 6.87. The van der Waals surface area contributed by atoms with Crippen molar-refractivity contribution in [1.29, 1.82) is 0 Å². The minimum atomic E-state index is 0. The van der Waals surface area contributed by atoms with Crippen molar-refractivity contribution in [3.63, 3.8) is 0 Å². The molecule has 23 heavy (non-hydrogen) atoms. The number of para-hydroxylation sites is 1. The topological polar surface area (TPSA) is 41.3 Å². The highest BCUT2D eigenvalue weighted by Gasteiger charge is 2.17. The quantitative estimate of drug-likeness (QED) is 0.781. The Labute approximate surface area is 145 Å². The van der Waals surface area contributed by atoms with Gasteiger partial charge in [-0.05, 0) is 31.2 Å². The molecule has 0 amide bonds. The number of halogens is 1. The van der Waals surface area contributed by atoms with Crippen molar-refractivity contribution < 1.29 is 4.42 Å². The highest BCUT2D eigenvalue weighted by molar-refractivity contribution is 7.21. The summed E-state index contributed by atoms with van der Waals surface area (Å²) in [6.45, 7) is 6.28. The lowest BCUT2D eigenvalue weighted by atomic mass is 10.2. The summed E-state index contributed by atoms with van der Waals surface area (Å²) in [4.78, 5) is 7.09. The van der Waals surface area contributed by atoms with Crippen LogP contribution < -0.4 is 5.32 Å². The molecule has 122 valence electrons. The number of nitrogens with zero attached hydrogens (tertiary/aromatic N) is 2. The van der Waals surface area contributed by atoms with E-state index >= 15 is 0 Å². The van der Waals surface area contributed by atoms with Gasteiger partial charge in [-0.1, -0.05) is 12.1 Å². The molecule has 4 nitrogen and oxygen atoms in total. The zero-order valence-electron chi connectivity index (χ0n) is 13.0. The summed E-state index contributed by atoms with van der Waals surface area (Å²) in [6.07, 6.45) is 0. The average Bonchev–Trinajstić information content (AvgIpc) is 3.13. The maximum absolute atomic E-state index is 6.02. The molecular weight excluding hydrogens is 330 g/mol. The van der Waals surface area contributed by atoms with E-state index in [-0.39, 0.29) is 12.4 Å². The Hall–Kier alpha value is -1.40. The van der Waals surface area contributed by atoms with Crippen molar-refractivity contribution in [2.75, 3.05) is 19.6 Å². The summed E-state index contributed by atoms with van der Waals surface area (Å²) in [5.74, 6) is 1.89. The molecule has 0 saturated carbocycles. The van der Waals surface area contributed by atoms with Gasteiger partial charge in [-0.3, -0.25) is 4.90 Å². The molecule has 0 radical (unpaired) electrons. The molecule has 6 heteroatoms. The molecule has 1 saturated heterocycles. The van der Waals surface area contributed by atoms with Crippen molar-refractivity contribution in [3.05, 3.63) is 42.2 Å². The number of piperazine rings is 1. The lowest BCUT2D eigenvalue weighted by molar-refractivity contribution is 0.187. The van der Waals surface area contributed by atoms with Gasteiger partial charge in [-0.25, -0.2) is 4.98 Å². The largest absolute Gasteiger partial charge is 0.457 e. The Bertz CT molecular complexity index is 752. The van der Waals surface area contributed by atoms with Crippen LogP contribution in [0.25, 0.3) is 21.0 Å². The van der Waals surface area contributed by atoms with Gasteiger partial charge in [-0.2, -0.15) is 0 Å². The predicted molar refractivity (Wildman–Crippen MR) is 97.3 cm³/mol. The second kappa shape index (κ2) is 7.01. The van der Waals surface area contributed by atoms with E-state index in [1.165, 1.54) is 4.70 Å². The highest BCUT2D eigenvalue weighted by atomic mass is 35.5. The van der Waals surface area contributed by atoms with Gasteiger partial charge in [0, 0.05) is 25.7 Å². The summed E-state index contributed by atoms with van der Waals surface area (Å²) in [6, 6.07) is 12.9. The van der Waals surface area contributed by atoms with Gasteiger partial charge in [0.05, 0.1) is 16.8 Å². The van der Waals surface area contributed by atoms with Crippen LogP contribution in [0.2, 0.25) is 0 Å². The molecule has 1 fully saturated rings. The maximum atomic E-state index is 6.02. The zero-order chi connectivity index (χ0) is 14.9. The maximum Gasteiger partial charge on any atom is 0.163 e. The number of nitrogens with one attached hydrogen (secondary N) is 1. The molecule has 3 heterocycles. The van der Waals surface area contributed by atoms with E-state index in [1.807, 2.05) is 24.3 Å². The van der Waals surface area contributed by atoms with Crippen LogP contribution in [0.1, 0.15) is 12.7 Å². The van der Waals surface area contributed by atoms with Crippen LogP contribution >= 0.6 is 23.7 Å². The van der Waals surface area contributed by atoms with Gasteiger partial charge < -0.3 is 9.73 Å². The Morgan fingerprint density at radius 2 is 2.17 bits per heavy atom. The molecule has 0 spiro atoms. The van der Waals surface area contributed by atoms with Crippen LogP contribution in [-0.4, -0.2) is 35.6 Å². The van der Waals surface area contributed by atoms with E-state index in [9.17, 15) is 0 Å². The van der Waals surface area contributed by atoms with Crippen molar-refractivity contribution >= 4 is 34.0 Å². The van der Waals surface area contributed by atoms with Gasteiger partial charge in [-0.15, -0.1) is 23.7 Å². The molecule has 1 atom stereocenters. The Balaban J connectivity index is 0.00000156. The Kier molecular flexibility index (Phi) is 5.02. The van der Waals surface area contributed by atoms with E-state index in [2.05, 4.69) is 34.3 Å². The second-order valence-electron chi connectivity index (χ2n) is 5.84. The minimum Gasteiger partial charge on any atom is -0.457 e. The molecule has 3 aromatic rings. The summed E-state index contributed by atoms with van der Waals surface area (Å²) < 4.78 is 7.22. The van der Waals surface area contributed by atoms with E-state index in [1.54, 1.807) is 11.3 Å². The van der Waals surface area contributed by atoms with Crippen molar-refractivity contribution in [2.24, 2.45) is 0 Å². The van der Waals surface area contributed by atoms with E-state index in [4.69, 9.17) is 4.42 Å². The molecular formula is C17H20ClN3OS. The lowest BCUT2D eigenvalue weighted by Gasteiger charge is -2.31. The first kappa shape index (κ1) is 16.5. The Morgan fingerprint density at radius 1 is 1.30 bits per heavy atom. The van der Waals surface area contributed by atoms with Crippen LogP contribution in [0, 0.1) is 0 Å². The fraction of sp³-hybridized carbons (Fsp3) is 0.353. The zero-order valence-corrected chi connectivity index (χ0v) is 14.6. The third kappa shape index (κ3) is 3.58. The first-order valence-corrected chi connectivity index (χ1v) is 8.50. The third-order valence-corrected chi connectivity index (χ3v) is 5.05. The predicted octanol–water partition coefficient (Wildman–Crippen LogP) is 3.77. The molecule has 1 N–H and O–H groups in total. The normalized spacial score (nSPS) is 18.9. The molecule has 0 aliphatic carbocycles. The first-order chi connectivity index (χ1) is 10.8. The number of hydrogen-bond donors (Lipinski definition) is 1. The number of benzene rings is 1. The molecule has 1 aliphatic rings. The fourth-order valence-corrected chi connectivity index (χ4v) is 3.86. The van der Waals surface area contributed by atoms with Crippen molar-refractivity contribution in [2.45, 2.75) is 19.5 Å². The van der Waals surface area contributed by atoms with Crippen LogP contribution in [0.4, 0.5) is 0 Å². The lowest BCUT2D eigenvalue weighted by Crippen LogP contribution is -2.48. The van der Waals surface area contributed by atoms with Gasteiger partial charge in [0.25, 0.3) is 0 Å². The smallest absolute Gasteiger partial charge is 0.163 e. The fourth-order valence-electron chi connectivity index (χ4n) is 2.93. The SMILES string of the molecule is C[C@@H]1CN(Cc2ccc(-c3nc4ccccc4s3)o2)CCN1.Cl. The van der Waals surface area contributed by atoms with Crippen LogP contribution in [-0.2, 0) is 6.54 Å². The molecule has 0 bridgehead atoms. The number of thiazole rings is 1. The Morgan fingerprint density at radius 3 is 3.00 bits per heavy atom. The van der Waals surface area contributed by atoms with Crippen LogP contribution in [0.15, 0.2) is 40.8 Å². The van der Waals surface area contributed by atoms with Crippen molar-refractivity contribution in [1.82, 2.24) is 15.2 Å². The summed E-state index contributed by atoms with van der Waals surface area (Å²) in [5.41, 5.74) is 1.04. The number of fused-ring (bicyclic) bond motifs is 1. The first-order valence-electron chi connectivity index (χ1n) is 7.68. The van der Waals surface area contributed by atoms with Gasteiger partial charge in [0.2, 0.25) is 0 Å². The average molecular weight is 350 g/mol. The summed E-state index contributed by atoms with van der Waals surface area (Å²) in [7, 11) is 0. The number of rotatable bonds is 3. The molecule has 4 rings (SSSR count). The van der Waals surface area contributed by atoms with Crippen LogP contribution in [0.3, 0.4) is 0 Å². The summed E-state index contributed by atoms with van der Waals surface area (Å²) >= 11 is 1.68. The van der Waals surface area contributed by atoms with Gasteiger partial charge in [0.15, 0.2) is 10.8 Å².